The number of aromatic nitrogens is 1. The van der Waals surface area contributed by atoms with E-state index in [1.165, 1.54) is 19.3 Å². The van der Waals surface area contributed by atoms with Crippen molar-refractivity contribution in [1.29, 1.82) is 0 Å². The van der Waals surface area contributed by atoms with E-state index >= 15 is 0 Å². The average molecular weight is 461 g/mol. The van der Waals surface area contributed by atoms with E-state index in [2.05, 4.69) is 34.1 Å². The molecule has 6 heteroatoms. The lowest BCUT2D eigenvalue weighted by molar-refractivity contribution is 0.0732. The highest BCUT2D eigenvalue weighted by molar-refractivity contribution is 5.94. The van der Waals surface area contributed by atoms with Crippen LogP contribution in [0.15, 0.2) is 65.2 Å². The Hall–Kier alpha value is -3.12. The molecule has 0 atom stereocenters. The Morgan fingerprint density at radius 3 is 2.21 bits per heavy atom. The van der Waals surface area contributed by atoms with Gasteiger partial charge in [-0.25, -0.2) is 0 Å². The molecule has 0 radical (unpaired) electrons. The second-order valence-corrected chi connectivity index (χ2v) is 9.48. The van der Waals surface area contributed by atoms with Gasteiger partial charge in [0, 0.05) is 37.3 Å². The maximum atomic E-state index is 13.6. The molecule has 34 heavy (non-hydrogen) atoms. The number of likely N-dealkylation sites (N-methyl/N-ethyl adjacent to an activating group) is 1. The molecule has 0 bridgehead atoms. The quantitative estimate of drug-likeness (QED) is 0.433. The summed E-state index contributed by atoms with van der Waals surface area (Å²) in [7, 11) is 6.17. The van der Waals surface area contributed by atoms with E-state index in [-0.39, 0.29) is 5.91 Å². The minimum absolute atomic E-state index is 0.0222. The number of nitrogens with zero attached hydrogens (tertiary/aromatic N) is 4. The van der Waals surface area contributed by atoms with Crippen molar-refractivity contribution in [2.45, 2.75) is 44.7 Å². The summed E-state index contributed by atoms with van der Waals surface area (Å²) in [6.07, 6.45) is 6.10. The van der Waals surface area contributed by atoms with E-state index in [1.807, 2.05) is 67.5 Å². The third-order valence-corrected chi connectivity index (χ3v) is 6.73. The molecule has 4 rings (SSSR count). The van der Waals surface area contributed by atoms with Crippen LogP contribution in [0.25, 0.3) is 11.3 Å². The second kappa shape index (κ2) is 11.3. The molecule has 180 valence electrons. The number of carbonyl (C=O) groups is 1. The summed E-state index contributed by atoms with van der Waals surface area (Å²) in [6, 6.07) is 20.1. The largest absolute Gasteiger partial charge is 0.340 e. The van der Waals surface area contributed by atoms with Crippen molar-refractivity contribution in [2.75, 3.05) is 39.1 Å². The first kappa shape index (κ1) is 24.0. The van der Waals surface area contributed by atoms with Crippen molar-refractivity contribution < 1.29 is 9.32 Å². The zero-order valence-electron chi connectivity index (χ0n) is 20.6. The molecule has 0 spiro atoms. The van der Waals surface area contributed by atoms with E-state index in [0.29, 0.717) is 24.7 Å². The smallest absolute Gasteiger partial charge is 0.254 e. The fourth-order valence-electron chi connectivity index (χ4n) is 4.70. The maximum Gasteiger partial charge on any atom is 0.254 e. The average Bonchev–Trinajstić information content (AvgIpc) is 3.30. The van der Waals surface area contributed by atoms with E-state index in [4.69, 9.17) is 4.52 Å². The standard InChI is InChI=1S/C28H36N4O2/c1-30(2)19-20-32(27(33)23-15-9-5-10-16-23)21-25-26(22-13-7-4-8-14-22)29-34-28(25)31(3)24-17-11-6-12-18-24/h4-5,7-10,13-16,24H,6,11-12,17-21H2,1-3H3. The Kier molecular flexibility index (Phi) is 8.01. The predicted octanol–water partition coefficient (Wildman–Crippen LogP) is 5.31. The molecule has 3 aromatic rings. The van der Waals surface area contributed by atoms with Crippen LogP contribution in [0.4, 0.5) is 5.88 Å². The van der Waals surface area contributed by atoms with Crippen LogP contribution in [-0.2, 0) is 6.54 Å². The van der Waals surface area contributed by atoms with Crippen LogP contribution in [-0.4, -0.2) is 61.1 Å². The highest BCUT2D eigenvalue weighted by Crippen LogP contribution is 2.35. The minimum Gasteiger partial charge on any atom is -0.340 e. The highest BCUT2D eigenvalue weighted by atomic mass is 16.5. The minimum atomic E-state index is 0.0222. The number of benzene rings is 2. The second-order valence-electron chi connectivity index (χ2n) is 9.48. The highest BCUT2D eigenvalue weighted by Gasteiger charge is 2.29. The van der Waals surface area contributed by atoms with Gasteiger partial charge in [-0.05, 0) is 39.1 Å². The van der Waals surface area contributed by atoms with Crippen LogP contribution in [0, 0.1) is 0 Å². The van der Waals surface area contributed by atoms with Crippen LogP contribution in [0.1, 0.15) is 48.0 Å². The molecule has 0 N–H and O–H groups in total. The van der Waals surface area contributed by atoms with Gasteiger partial charge < -0.3 is 19.2 Å². The van der Waals surface area contributed by atoms with Gasteiger partial charge in [-0.15, -0.1) is 0 Å². The molecule has 0 unspecified atom stereocenters. The van der Waals surface area contributed by atoms with Crippen molar-refractivity contribution in [3.05, 3.63) is 71.8 Å². The molecule has 1 aromatic heterocycles. The summed E-state index contributed by atoms with van der Waals surface area (Å²) in [5.74, 6) is 0.801. The SMILES string of the molecule is CN(C)CCN(Cc1c(-c2ccccc2)noc1N(C)C1CCCCC1)C(=O)c1ccccc1. The van der Waals surface area contributed by atoms with Gasteiger partial charge in [-0.3, -0.25) is 4.79 Å². The van der Waals surface area contributed by atoms with Crippen LogP contribution in [0.2, 0.25) is 0 Å². The number of amides is 1. The Labute approximate surface area is 203 Å². The number of carbonyl (C=O) groups excluding carboxylic acids is 1. The number of rotatable bonds is 9. The molecule has 1 amide bonds. The van der Waals surface area contributed by atoms with Crippen molar-refractivity contribution in [2.24, 2.45) is 0 Å². The predicted molar refractivity (Wildman–Crippen MR) is 137 cm³/mol. The van der Waals surface area contributed by atoms with Gasteiger partial charge in [0.05, 0.1) is 12.1 Å². The summed E-state index contributed by atoms with van der Waals surface area (Å²) >= 11 is 0. The normalized spacial score (nSPS) is 14.4. The van der Waals surface area contributed by atoms with E-state index in [9.17, 15) is 4.79 Å². The zero-order valence-corrected chi connectivity index (χ0v) is 20.6. The maximum absolute atomic E-state index is 13.6. The van der Waals surface area contributed by atoms with E-state index < -0.39 is 0 Å². The first-order valence-electron chi connectivity index (χ1n) is 12.3. The lowest BCUT2D eigenvalue weighted by atomic mass is 9.94. The monoisotopic (exact) mass is 460 g/mol. The molecule has 0 aliphatic heterocycles. The summed E-state index contributed by atoms with van der Waals surface area (Å²) in [5.41, 5.74) is 3.49. The molecule has 0 saturated heterocycles. The third-order valence-electron chi connectivity index (χ3n) is 6.73. The van der Waals surface area contributed by atoms with Gasteiger partial charge in [0.15, 0.2) is 0 Å². The fraction of sp³-hybridized carbons (Fsp3) is 0.429. The molecule has 1 aliphatic rings. The number of anilines is 1. The number of hydrogen-bond acceptors (Lipinski definition) is 5. The fourth-order valence-corrected chi connectivity index (χ4v) is 4.70. The van der Waals surface area contributed by atoms with Gasteiger partial charge in [-0.2, -0.15) is 0 Å². The topological polar surface area (TPSA) is 52.8 Å². The molecule has 6 nitrogen and oxygen atoms in total. The van der Waals surface area contributed by atoms with Gasteiger partial charge in [-0.1, -0.05) is 73.0 Å². The summed E-state index contributed by atoms with van der Waals surface area (Å²) < 4.78 is 6.00. The number of hydrogen-bond donors (Lipinski definition) is 0. The van der Waals surface area contributed by atoms with Crippen molar-refractivity contribution in [1.82, 2.24) is 15.0 Å². The molecule has 1 saturated carbocycles. The van der Waals surface area contributed by atoms with Gasteiger partial charge in [0.25, 0.3) is 5.91 Å². The molecule has 1 heterocycles. The van der Waals surface area contributed by atoms with Gasteiger partial charge >= 0.3 is 0 Å². The van der Waals surface area contributed by atoms with Crippen LogP contribution in [0.5, 0.6) is 0 Å². The Morgan fingerprint density at radius 1 is 0.912 bits per heavy atom. The lowest BCUT2D eigenvalue weighted by Gasteiger charge is -2.32. The third kappa shape index (κ3) is 5.68. The Balaban J connectivity index is 1.71. The van der Waals surface area contributed by atoms with Gasteiger partial charge in [0.1, 0.15) is 5.69 Å². The molecular weight excluding hydrogens is 424 g/mol. The Bertz CT molecular complexity index is 1040. The van der Waals surface area contributed by atoms with Gasteiger partial charge in [0.2, 0.25) is 5.88 Å². The lowest BCUT2D eigenvalue weighted by Crippen LogP contribution is -2.37. The van der Waals surface area contributed by atoms with Crippen molar-refractivity contribution in [3.8, 4) is 11.3 Å². The molecule has 1 fully saturated rings. The molecular formula is C28H36N4O2. The van der Waals surface area contributed by atoms with Crippen molar-refractivity contribution >= 4 is 11.8 Å². The molecule has 1 aliphatic carbocycles. The van der Waals surface area contributed by atoms with Crippen LogP contribution < -0.4 is 4.90 Å². The summed E-state index contributed by atoms with van der Waals surface area (Å²) in [4.78, 5) is 19.8. The van der Waals surface area contributed by atoms with E-state index in [1.54, 1.807) is 0 Å². The summed E-state index contributed by atoms with van der Waals surface area (Å²) in [5, 5.41) is 4.52. The van der Waals surface area contributed by atoms with Crippen molar-refractivity contribution in [3.63, 3.8) is 0 Å². The van der Waals surface area contributed by atoms with Crippen LogP contribution in [0.3, 0.4) is 0 Å². The molecule has 2 aromatic carbocycles. The first-order valence-corrected chi connectivity index (χ1v) is 12.3. The van der Waals surface area contributed by atoms with E-state index in [0.717, 1.165) is 42.1 Å². The summed E-state index contributed by atoms with van der Waals surface area (Å²) in [6.45, 7) is 1.84. The zero-order chi connectivity index (χ0) is 23.9. The Morgan fingerprint density at radius 2 is 1.56 bits per heavy atom. The van der Waals surface area contributed by atoms with Crippen LogP contribution >= 0.6 is 0 Å². The first-order chi connectivity index (χ1) is 16.5.